The molecule has 0 radical (unpaired) electrons. The van der Waals surface area contributed by atoms with E-state index in [4.69, 9.17) is 4.74 Å². The number of alkyl carbamates (subject to hydrolysis) is 1. The third-order valence-corrected chi connectivity index (χ3v) is 2.52. The van der Waals surface area contributed by atoms with Crippen molar-refractivity contribution in [2.24, 2.45) is 0 Å². The zero-order valence-electron chi connectivity index (χ0n) is 12.8. The minimum Gasteiger partial charge on any atom is -0.469 e. The van der Waals surface area contributed by atoms with Gasteiger partial charge >= 0.3 is 12.1 Å². The van der Waals surface area contributed by atoms with Gasteiger partial charge in [-0.2, -0.15) is 0 Å². The number of nitrogens with zero attached hydrogens (tertiary/aromatic N) is 1. The van der Waals surface area contributed by atoms with Crippen LogP contribution in [-0.2, 0) is 14.3 Å². The average Bonchev–Trinajstić information content (AvgIpc) is 2.25. The van der Waals surface area contributed by atoms with Gasteiger partial charge < -0.3 is 19.7 Å². The van der Waals surface area contributed by atoms with Gasteiger partial charge in [0.2, 0.25) is 0 Å². The number of rotatable bonds is 6. The van der Waals surface area contributed by atoms with Gasteiger partial charge in [0.15, 0.2) is 0 Å². The Hall–Kier alpha value is -1.30. The van der Waals surface area contributed by atoms with E-state index in [2.05, 4.69) is 10.1 Å². The van der Waals surface area contributed by atoms with Gasteiger partial charge in [-0.3, -0.25) is 4.79 Å². The van der Waals surface area contributed by atoms with Crippen molar-refractivity contribution in [3.05, 3.63) is 0 Å². The van der Waals surface area contributed by atoms with E-state index in [1.807, 2.05) is 39.8 Å². The van der Waals surface area contributed by atoms with E-state index in [0.29, 0.717) is 19.4 Å². The monoisotopic (exact) mass is 274 g/mol. The minimum atomic E-state index is -0.510. The first-order valence-electron chi connectivity index (χ1n) is 6.36. The summed E-state index contributed by atoms with van der Waals surface area (Å²) in [4.78, 5) is 24.6. The molecular weight excluding hydrogens is 248 g/mol. The smallest absolute Gasteiger partial charge is 0.407 e. The Labute approximate surface area is 115 Å². The highest BCUT2D eigenvalue weighted by Crippen LogP contribution is 2.07. The Bertz CT molecular complexity index is 298. The molecule has 0 aromatic carbocycles. The predicted molar refractivity (Wildman–Crippen MR) is 73.0 cm³/mol. The van der Waals surface area contributed by atoms with E-state index in [0.717, 1.165) is 0 Å². The van der Waals surface area contributed by atoms with Crippen molar-refractivity contribution >= 4 is 12.1 Å². The number of amides is 1. The summed E-state index contributed by atoms with van der Waals surface area (Å²) >= 11 is 0. The molecule has 0 saturated heterocycles. The fraction of sp³-hybridized carbons (Fsp3) is 0.846. The van der Waals surface area contributed by atoms with Crippen molar-refractivity contribution in [1.82, 2.24) is 10.2 Å². The predicted octanol–water partition coefficient (Wildman–Crippen LogP) is 1.39. The highest BCUT2D eigenvalue weighted by molar-refractivity contribution is 5.69. The highest BCUT2D eigenvalue weighted by atomic mass is 16.6. The molecule has 1 amide bonds. The Morgan fingerprint density at radius 2 is 1.84 bits per heavy atom. The van der Waals surface area contributed by atoms with Crippen molar-refractivity contribution < 1.29 is 19.1 Å². The quantitative estimate of drug-likeness (QED) is 0.741. The molecule has 0 spiro atoms. The normalized spacial score (nSPS) is 13.0. The Morgan fingerprint density at radius 1 is 1.26 bits per heavy atom. The van der Waals surface area contributed by atoms with E-state index in [-0.39, 0.29) is 12.0 Å². The molecular formula is C13H26N2O4. The maximum Gasteiger partial charge on any atom is 0.407 e. The van der Waals surface area contributed by atoms with Gasteiger partial charge in [0, 0.05) is 19.0 Å². The van der Waals surface area contributed by atoms with Gasteiger partial charge in [-0.05, 0) is 41.3 Å². The van der Waals surface area contributed by atoms with Crippen LogP contribution in [0, 0.1) is 0 Å². The summed E-state index contributed by atoms with van der Waals surface area (Å²) in [6.45, 7) is 5.87. The van der Waals surface area contributed by atoms with Crippen molar-refractivity contribution in [3.63, 3.8) is 0 Å². The van der Waals surface area contributed by atoms with Gasteiger partial charge in [0.05, 0.1) is 7.11 Å². The lowest BCUT2D eigenvalue weighted by atomic mass is 10.1. The van der Waals surface area contributed by atoms with Crippen LogP contribution in [0.2, 0.25) is 0 Å². The molecule has 6 heteroatoms. The van der Waals surface area contributed by atoms with Crippen LogP contribution >= 0.6 is 0 Å². The molecule has 19 heavy (non-hydrogen) atoms. The standard InChI is InChI=1S/C13H26N2O4/c1-13(2,3)19-12(17)14-9-10(15(4)5)7-8-11(16)18-6/h10H,7-9H2,1-6H3,(H,14,17). The number of esters is 1. The van der Waals surface area contributed by atoms with Crippen LogP contribution < -0.4 is 5.32 Å². The second kappa shape index (κ2) is 7.99. The summed E-state index contributed by atoms with van der Waals surface area (Å²) in [5, 5.41) is 2.71. The zero-order chi connectivity index (χ0) is 15.1. The molecule has 1 atom stereocenters. The van der Waals surface area contributed by atoms with Crippen LogP contribution in [0.1, 0.15) is 33.6 Å². The van der Waals surface area contributed by atoms with E-state index >= 15 is 0 Å². The molecule has 1 unspecified atom stereocenters. The number of nitrogens with one attached hydrogen (secondary N) is 1. The number of ether oxygens (including phenoxy) is 2. The number of hydrogen-bond donors (Lipinski definition) is 1. The maximum atomic E-state index is 11.5. The summed E-state index contributed by atoms with van der Waals surface area (Å²) in [6.07, 6.45) is 0.502. The van der Waals surface area contributed by atoms with E-state index in [9.17, 15) is 9.59 Å². The molecule has 0 rings (SSSR count). The largest absolute Gasteiger partial charge is 0.469 e. The summed E-state index contributed by atoms with van der Waals surface area (Å²) in [5.41, 5.74) is -0.510. The minimum absolute atomic E-state index is 0.0617. The lowest BCUT2D eigenvalue weighted by molar-refractivity contribution is -0.140. The molecule has 6 nitrogen and oxygen atoms in total. The van der Waals surface area contributed by atoms with E-state index in [1.165, 1.54) is 7.11 Å². The fourth-order valence-electron chi connectivity index (χ4n) is 1.44. The van der Waals surface area contributed by atoms with Gasteiger partial charge in [0.25, 0.3) is 0 Å². The number of hydrogen-bond acceptors (Lipinski definition) is 5. The summed E-state index contributed by atoms with van der Waals surface area (Å²) in [7, 11) is 5.17. The van der Waals surface area contributed by atoms with Crippen LogP contribution in [0.4, 0.5) is 4.79 Å². The molecule has 1 N–H and O–H groups in total. The number of likely N-dealkylation sites (N-methyl/N-ethyl adjacent to an activating group) is 1. The zero-order valence-corrected chi connectivity index (χ0v) is 12.8. The molecule has 0 bridgehead atoms. The maximum absolute atomic E-state index is 11.5. The Morgan fingerprint density at radius 3 is 2.26 bits per heavy atom. The van der Waals surface area contributed by atoms with Crippen LogP contribution in [0.3, 0.4) is 0 Å². The topological polar surface area (TPSA) is 67.9 Å². The molecule has 0 aromatic heterocycles. The van der Waals surface area contributed by atoms with Gasteiger partial charge in [-0.15, -0.1) is 0 Å². The molecule has 112 valence electrons. The number of carbonyl (C=O) groups is 2. The third kappa shape index (κ3) is 9.30. The first-order chi connectivity index (χ1) is 8.65. The fourth-order valence-corrected chi connectivity index (χ4v) is 1.44. The molecule has 0 aliphatic rings. The second-order valence-electron chi connectivity index (χ2n) is 5.62. The van der Waals surface area contributed by atoms with Gasteiger partial charge in [0.1, 0.15) is 5.60 Å². The molecule has 0 heterocycles. The lowest BCUT2D eigenvalue weighted by Crippen LogP contribution is -2.42. The summed E-state index contributed by atoms with van der Waals surface area (Å²) in [5.74, 6) is -0.246. The van der Waals surface area contributed by atoms with Crippen molar-refractivity contribution in [1.29, 1.82) is 0 Å². The first kappa shape index (κ1) is 17.7. The molecule has 0 aromatic rings. The van der Waals surface area contributed by atoms with Crippen LogP contribution in [0.25, 0.3) is 0 Å². The van der Waals surface area contributed by atoms with E-state index < -0.39 is 11.7 Å². The van der Waals surface area contributed by atoms with Crippen LogP contribution in [0.5, 0.6) is 0 Å². The SMILES string of the molecule is COC(=O)CCC(CNC(=O)OC(C)(C)C)N(C)C. The molecule has 0 aliphatic carbocycles. The van der Waals surface area contributed by atoms with Crippen molar-refractivity contribution in [2.75, 3.05) is 27.7 Å². The Balaban J connectivity index is 4.15. The second-order valence-corrected chi connectivity index (χ2v) is 5.62. The molecule has 0 saturated carbocycles. The van der Waals surface area contributed by atoms with E-state index in [1.54, 1.807) is 0 Å². The third-order valence-electron chi connectivity index (χ3n) is 2.52. The van der Waals surface area contributed by atoms with Crippen LogP contribution in [0.15, 0.2) is 0 Å². The van der Waals surface area contributed by atoms with Gasteiger partial charge in [-0.1, -0.05) is 0 Å². The average molecular weight is 274 g/mol. The summed E-state index contributed by atoms with van der Waals surface area (Å²) < 4.78 is 9.76. The lowest BCUT2D eigenvalue weighted by Gasteiger charge is -2.25. The number of methoxy groups -OCH3 is 1. The highest BCUT2D eigenvalue weighted by Gasteiger charge is 2.19. The van der Waals surface area contributed by atoms with Crippen molar-refractivity contribution in [3.8, 4) is 0 Å². The number of carbonyl (C=O) groups excluding carboxylic acids is 2. The van der Waals surface area contributed by atoms with Crippen LogP contribution in [-0.4, -0.2) is 56.4 Å². The first-order valence-corrected chi connectivity index (χ1v) is 6.36. The molecule has 0 aliphatic heterocycles. The molecule has 0 fully saturated rings. The van der Waals surface area contributed by atoms with Crippen molar-refractivity contribution in [2.45, 2.75) is 45.3 Å². The van der Waals surface area contributed by atoms with Gasteiger partial charge in [-0.25, -0.2) is 4.79 Å². The summed E-state index contributed by atoms with van der Waals surface area (Å²) in [6, 6.07) is 0.0617. The Kier molecular flexibility index (Phi) is 7.44.